The number of nitrogens with zero attached hydrogens (tertiary/aromatic N) is 1. The third-order valence-corrected chi connectivity index (χ3v) is 6.78. The van der Waals surface area contributed by atoms with E-state index in [9.17, 15) is 9.59 Å². The molecule has 0 radical (unpaired) electrons. The van der Waals surface area contributed by atoms with Crippen molar-refractivity contribution in [3.8, 4) is 0 Å². The first-order chi connectivity index (χ1) is 14.1. The van der Waals surface area contributed by atoms with E-state index in [0.29, 0.717) is 15.7 Å². The maximum Gasteiger partial charge on any atom is 0.267 e. The number of carbonyl (C=O) groups is 2. The van der Waals surface area contributed by atoms with Crippen molar-refractivity contribution in [1.82, 2.24) is 10.3 Å². The molecule has 150 valence electrons. The highest BCUT2D eigenvalue weighted by Crippen LogP contribution is 2.25. The van der Waals surface area contributed by atoms with Gasteiger partial charge in [0.15, 0.2) is 5.13 Å². The van der Waals surface area contributed by atoms with E-state index in [2.05, 4.69) is 33.8 Å². The van der Waals surface area contributed by atoms with Gasteiger partial charge >= 0.3 is 0 Å². The number of fused-ring (bicyclic) bond motifs is 1. The average molecular weight is 426 g/mol. The highest BCUT2D eigenvalue weighted by molar-refractivity contribution is 7.14. The summed E-state index contributed by atoms with van der Waals surface area (Å²) in [5, 5.41) is 10.0. The molecule has 2 N–H and O–H groups in total. The van der Waals surface area contributed by atoms with Crippen molar-refractivity contribution in [3.05, 3.63) is 68.4 Å². The monoisotopic (exact) mass is 425 g/mol. The predicted molar refractivity (Wildman–Crippen MR) is 118 cm³/mol. The second-order valence-corrected chi connectivity index (χ2v) is 9.08. The number of thiazole rings is 1. The summed E-state index contributed by atoms with van der Waals surface area (Å²) in [6.07, 6.45) is 4.99. The first-order valence-electron chi connectivity index (χ1n) is 9.79. The van der Waals surface area contributed by atoms with Crippen LogP contribution in [0.1, 0.15) is 57.9 Å². The zero-order chi connectivity index (χ0) is 20.2. The van der Waals surface area contributed by atoms with Gasteiger partial charge in [-0.15, -0.1) is 22.7 Å². The van der Waals surface area contributed by atoms with Crippen molar-refractivity contribution in [2.24, 2.45) is 0 Å². The number of amides is 2. The van der Waals surface area contributed by atoms with Crippen molar-refractivity contribution >= 4 is 39.6 Å². The van der Waals surface area contributed by atoms with Gasteiger partial charge in [-0.25, -0.2) is 4.98 Å². The van der Waals surface area contributed by atoms with Crippen LogP contribution in [0.5, 0.6) is 0 Å². The Hall–Kier alpha value is -2.51. The molecule has 0 spiro atoms. The number of nitrogens with one attached hydrogen (secondary N) is 2. The number of aromatic nitrogens is 1. The first kappa shape index (κ1) is 19.8. The number of hydrogen-bond donors (Lipinski definition) is 2. The Kier molecular flexibility index (Phi) is 6.06. The van der Waals surface area contributed by atoms with Crippen molar-refractivity contribution in [3.63, 3.8) is 0 Å². The van der Waals surface area contributed by atoms with Crippen LogP contribution in [0.4, 0.5) is 5.13 Å². The van der Waals surface area contributed by atoms with Crippen LogP contribution in [0.15, 0.2) is 41.1 Å². The van der Waals surface area contributed by atoms with Crippen molar-refractivity contribution in [1.29, 1.82) is 0 Å². The lowest BCUT2D eigenvalue weighted by Crippen LogP contribution is -2.28. The lowest BCUT2D eigenvalue weighted by atomic mass is 9.89. The molecule has 1 aromatic carbocycles. The summed E-state index contributed by atoms with van der Waals surface area (Å²) >= 11 is 2.71. The van der Waals surface area contributed by atoms with Crippen molar-refractivity contribution in [2.45, 2.75) is 45.1 Å². The summed E-state index contributed by atoms with van der Waals surface area (Å²) < 4.78 is 0. The van der Waals surface area contributed by atoms with E-state index < -0.39 is 0 Å². The van der Waals surface area contributed by atoms with Crippen LogP contribution in [0.3, 0.4) is 0 Å². The Morgan fingerprint density at radius 1 is 1.14 bits per heavy atom. The maximum absolute atomic E-state index is 12.5. The number of hydrogen-bond acceptors (Lipinski definition) is 5. The summed E-state index contributed by atoms with van der Waals surface area (Å²) in [6, 6.07) is 10.1. The molecule has 0 bridgehead atoms. The lowest BCUT2D eigenvalue weighted by Gasteiger charge is -2.20. The molecular formula is C22H23N3O2S2. The summed E-state index contributed by atoms with van der Waals surface area (Å²) in [4.78, 5) is 29.6. The largest absolute Gasteiger partial charge is 0.349 e. The van der Waals surface area contributed by atoms with Crippen molar-refractivity contribution < 1.29 is 9.59 Å². The number of rotatable bonds is 6. The number of thiophene rings is 1. The van der Waals surface area contributed by atoms with E-state index in [1.54, 1.807) is 6.07 Å². The van der Waals surface area contributed by atoms with Gasteiger partial charge in [-0.05, 0) is 60.7 Å². The van der Waals surface area contributed by atoms with Gasteiger partial charge < -0.3 is 5.32 Å². The molecule has 0 saturated heterocycles. The van der Waals surface area contributed by atoms with Gasteiger partial charge in [0.2, 0.25) is 5.91 Å². The molecule has 0 aliphatic heterocycles. The maximum atomic E-state index is 12.5. The highest BCUT2D eigenvalue weighted by atomic mass is 32.1. The molecule has 0 saturated carbocycles. The third kappa shape index (κ3) is 4.92. The van der Waals surface area contributed by atoms with Crippen LogP contribution >= 0.6 is 22.7 Å². The normalized spacial score (nSPS) is 14.1. The van der Waals surface area contributed by atoms with E-state index in [0.717, 1.165) is 18.4 Å². The molecule has 1 aliphatic carbocycles. The molecule has 1 atom stereocenters. The fourth-order valence-electron chi connectivity index (χ4n) is 3.58. The molecule has 0 unspecified atom stereocenters. The molecule has 5 nitrogen and oxygen atoms in total. The minimum atomic E-state index is -0.175. The molecule has 2 heterocycles. The first-order valence-corrected chi connectivity index (χ1v) is 11.5. The summed E-state index contributed by atoms with van der Waals surface area (Å²) in [7, 11) is 0. The van der Waals surface area contributed by atoms with E-state index in [1.165, 1.54) is 46.6 Å². The lowest BCUT2D eigenvalue weighted by molar-refractivity contribution is -0.121. The van der Waals surface area contributed by atoms with Gasteiger partial charge in [-0.2, -0.15) is 0 Å². The van der Waals surface area contributed by atoms with Gasteiger partial charge in [0, 0.05) is 5.38 Å². The molecule has 29 heavy (non-hydrogen) atoms. The molecule has 7 heteroatoms. The number of benzene rings is 1. The fourth-order valence-corrected chi connectivity index (χ4v) is 4.90. The molecule has 2 amide bonds. The van der Waals surface area contributed by atoms with Crippen molar-refractivity contribution in [2.75, 3.05) is 5.32 Å². The molecule has 1 aliphatic rings. The summed E-state index contributed by atoms with van der Waals surface area (Å²) in [6.45, 7) is 2.01. The quantitative estimate of drug-likeness (QED) is 0.598. The SMILES string of the molecule is C[C@@H](NC(=O)Cc1csc(NC(=O)c2cccs2)n1)c1ccc2c(c1)CCCC2. The second-order valence-electron chi connectivity index (χ2n) is 7.28. The third-order valence-electron chi connectivity index (χ3n) is 5.11. The van der Waals surface area contributed by atoms with Crippen LogP contribution in [-0.4, -0.2) is 16.8 Å². The van der Waals surface area contributed by atoms with Gasteiger partial charge in [-0.3, -0.25) is 14.9 Å². The minimum absolute atomic E-state index is 0.0497. The zero-order valence-corrected chi connectivity index (χ0v) is 17.9. The smallest absolute Gasteiger partial charge is 0.267 e. The van der Waals surface area contributed by atoms with E-state index in [4.69, 9.17) is 0 Å². The van der Waals surface area contributed by atoms with Crippen LogP contribution < -0.4 is 10.6 Å². The van der Waals surface area contributed by atoms with Gasteiger partial charge in [0.1, 0.15) is 0 Å². The Balaban J connectivity index is 1.32. The van der Waals surface area contributed by atoms with Crippen LogP contribution in [0.25, 0.3) is 0 Å². The number of carbonyl (C=O) groups excluding carboxylic acids is 2. The van der Waals surface area contributed by atoms with Gasteiger partial charge in [-0.1, -0.05) is 24.3 Å². The Labute approximate surface area is 178 Å². The Morgan fingerprint density at radius 3 is 2.76 bits per heavy atom. The molecule has 0 fully saturated rings. The number of anilines is 1. The predicted octanol–water partition coefficient (Wildman–Crippen LogP) is 4.76. The fraction of sp³-hybridized carbons (Fsp3) is 0.318. The van der Waals surface area contributed by atoms with E-state index in [-0.39, 0.29) is 24.3 Å². The minimum Gasteiger partial charge on any atom is -0.349 e. The topological polar surface area (TPSA) is 71.1 Å². The molecule has 3 aromatic rings. The molecule has 4 rings (SSSR count). The Bertz CT molecular complexity index is 1010. The highest BCUT2D eigenvalue weighted by Gasteiger charge is 2.16. The number of aryl methyl sites for hydroxylation is 2. The molecule has 2 aromatic heterocycles. The van der Waals surface area contributed by atoms with E-state index >= 15 is 0 Å². The van der Waals surface area contributed by atoms with Gasteiger partial charge in [0.05, 0.1) is 23.0 Å². The van der Waals surface area contributed by atoms with Crippen LogP contribution in [0.2, 0.25) is 0 Å². The van der Waals surface area contributed by atoms with Gasteiger partial charge in [0.25, 0.3) is 5.91 Å². The van der Waals surface area contributed by atoms with Crippen LogP contribution in [-0.2, 0) is 24.1 Å². The summed E-state index contributed by atoms with van der Waals surface area (Å²) in [5.74, 6) is -0.247. The zero-order valence-electron chi connectivity index (χ0n) is 16.2. The summed E-state index contributed by atoms with van der Waals surface area (Å²) in [5.41, 5.74) is 4.66. The van der Waals surface area contributed by atoms with Crippen LogP contribution in [0, 0.1) is 0 Å². The average Bonchev–Trinajstić information content (AvgIpc) is 3.40. The second kappa shape index (κ2) is 8.88. The Morgan fingerprint density at radius 2 is 1.97 bits per heavy atom. The van der Waals surface area contributed by atoms with E-state index in [1.807, 2.05) is 23.8 Å². The molecular weight excluding hydrogens is 402 g/mol. The standard InChI is InChI=1S/C22H23N3O2S2/c1-14(16-9-8-15-5-2-3-6-17(15)11-16)23-20(26)12-18-13-29-22(24-18)25-21(27)19-7-4-10-28-19/h4,7-11,13-14H,2-3,5-6,12H2,1H3,(H,23,26)(H,24,25,27)/t14-/m1/s1.